The van der Waals surface area contributed by atoms with E-state index in [1.807, 2.05) is 48.5 Å². The molecule has 22 heavy (non-hydrogen) atoms. The minimum atomic E-state index is -0.484. The van der Waals surface area contributed by atoms with Crippen molar-refractivity contribution in [3.8, 4) is 0 Å². The zero-order chi connectivity index (χ0) is 15.8. The second kappa shape index (κ2) is 7.88. The number of hydrogen-bond acceptors (Lipinski definition) is 4. The predicted octanol–water partition coefficient (Wildman–Crippen LogP) is 3.62. The minimum absolute atomic E-state index is 0.0343. The average Bonchev–Trinajstić information content (AvgIpc) is 2.56. The Morgan fingerprint density at radius 2 is 1.41 bits per heavy atom. The maximum absolute atomic E-state index is 12.2. The van der Waals surface area contributed by atoms with Crippen LogP contribution >= 0.6 is 0 Å². The van der Waals surface area contributed by atoms with Crippen LogP contribution in [-0.2, 0) is 9.63 Å². The highest BCUT2D eigenvalue weighted by Crippen LogP contribution is 2.11. The number of hydrogen-bond donors (Lipinski definition) is 0. The number of carbonyl (C=O) groups excluding carboxylic acids is 2. The maximum atomic E-state index is 12.2. The summed E-state index contributed by atoms with van der Waals surface area (Å²) < 4.78 is 0. The highest BCUT2D eigenvalue weighted by Gasteiger charge is 2.10. The summed E-state index contributed by atoms with van der Waals surface area (Å²) in [5.74, 6) is -0.449. The van der Waals surface area contributed by atoms with Gasteiger partial charge in [-0.2, -0.15) is 0 Å². The number of ketones is 1. The summed E-state index contributed by atoms with van der Waals surface area (Å²) in [7, 11) is 0. The van der Waals surface area contributed by atoms with Gasteiger partial charge in [0.15, 0.2) is 5.78 Å². The molecule has 0 spiro atoms. The van der Waals surface area contributed by atoms with E-state index in [4.69, 9.17) is 4.84 Å². The molecule has 0 heterocycles. The summed E-state index contributed by atoms with van der Waals surface area (Å²) in [6.45, 7) is 1.29. The van der Waals surface area contributed by atoms with Gasteiger partial charge in [0.05, 0.1) is 5.71 Å². The van der Waals surface area contributed by atoms with Gasteiger partial charge in [0, 0.05) is 25.3 Å². The Labute approximate surface area is 129 Å². The highest BCUT2D eigenvalue weighted by atomic mass is 16.7. The van der Waals surface area contributed by atoms with Gasteiger partial charge in [0.2, 0.25) is 0 Å². The van der Waals surface area contributed by atoms with Crippen molar-refractivity contribution in [3.05, 3.63) is 71.8 Å². The fourth-order valence-electron chi connectivity index (χ4n) is 1.99. The molecule has 0 saturated carbocycles. The van der Waals surface area contributed by atoms with Gasteiger partial charge >= 0.3 is 5.97 Å². The van der Waals surface area contributed by atoms with Crippen LogP contribution in [-0.4, -0.2) is 17.5 Å². The first-order valence-corrected chi connectivity index (χ1v) is 7.05. The molecule has 4 heteroatoms. The number of oxime groups is 1. The number of Topliss-reactive ketones (excluding diaryl/α,β-unsaturated/α-hetero) is 1. The minimum Gasteiger partial charge on any atom is -0.318 e. The Balaban J connectivity index is 2.09. The van der Waals surface area contributed by atoms with Crippen LogP contribution in [0.1, 0.15) is 35.7 Å². The van der Waals surface area contributed by atoms with Crippen molar-refractivity contribution < 1.29 is 14.4 Å². The molecule has 0 N–H and O–H groups in total. The summed E-state index contributed by atoms with van der Waals surface area (Å²) in [6, 6.07) is 18.5. The molecule has 0 unspecified atom stereocenters. The lowest BCUT2D eigenvalue weighted by Gasteiger charge is -2.06. The zero-order valence-corrected chi connectivity index (χ0v) is 12.4. The third-order valence-electron chi connectivity index (χ3n) is 3.08. The van der Waals surface area contributed by atoms with Crippen molar-refractivity contribution in [1.82, 2.24) is 0 Å². The van der Waals surface area contributed by atoms with Crippen LogP contribution in [0.15, 0.2) is 65.8 Å². The summed E-state index contributed by atoms with van der Waals surface area (Å²) in [5, 5.41) is 3.87. The Morgan fingerprint density at radius 3 is 1.95 bits per heavy atom. The molecule has 0 aliphatic heterocycles. The van der Waals surface area contributed by atoms with Crippen molar-refractivity contribution in [3.63, 3.8) is 0 Å². The van der Waals surface area contributed by atoms with Crippen molar-refractivity contribution in [2.75, 3.05) is 0 Å². The number of carbonyl (C=O) groups is 2. The van der Waals surface area contributed by atoms with E-state index < -0.39 is 5.97 Å². The maximum Gasteiger partial charge on any atom is 0.331 e. The van der Waals surface area contributed by atoms with Gasteiger partial charge in [0.1, 0.15) is 0 Å². The molecule has 2 rings (SSSR count). The summed E-state index contributed by atoms with van der Waals surface area (Å²) in [6.07, 6.45) is 0.712. The molecule has 0 amide bonds. The average molecular weight is 295 g/mol. The molecule has 4 nitrogen and oxygen atoms in total. The van der Waals surface area contributed by atoms with E-state index in [0.717, 1.165) is 5.56 Å². The Morgan fingerprint density at radius 1 is 0.864 bits per heavy atom. The Kier molecular flexibility index (Phi) is 5.60. The SMILES string of the molecule is CC(=O)O/N=C(/CCC(=O)c1ccccc1)c1ccccc1. The first kappa shape index (κ1) is 15.6. The third-order valence-corrected chi connectivity index (χ3v) is 3.08. The van der Waals surface area contributed by atoms with Crippen LogP contribution in [0.2, 0.25) is 0 Å². The van der Waals surface area contributed by atoms with Gasteiger partial charge in [-0.05, 0) is 5.56 Å². The topological polar surface area (TPSA) is 55.7 Å². The monoisotopic (exact) mass is 295 g/mol. The van der Waals surface area contributed by atoms with E-state index in [2.05, 4.69) is 5.16 Å². The molecule has 112 valence electrons. The molecule has 0 aromatic heterocycles. The van der Waals surface area contributed by atoms with Gasteiger partial charge in [-0.25, -0.2) is 4.79 Å². The second-order valence-electron chi connectivity index (χ2n) is 4.78. The van der Waals surface area contributed by atoms with Crippen LogP contribution in [0.4, 0.5) is 0 Å². The van der Waals surface area contributed by atoms with Crippen LogP contribution in [0.25, 0.3) is 0 Å². The van der Waals surface area contributed by atoms with Crippen molar-refractivity contribution in [1.29, 1.82) is 0 Å². The lowest BCUT2D eigenvalue weighted by atomic mass is 10.0. The fraction of sp³-hybridized carbons (Fsp3) is 0.167. The molecule has 0 aliphatic rings. The summed E-state index contributed by atoms with van der Waals surface area (Å²) in [4.78, 5) is 27.8. The van der Waals surface area contributed by atoms with E-state index in [0.29, 0.717) is 24.1 Å². The quantitative estimate of drug-likeness (QED) is 0.354. The Hall–Kier alpha value is -2.75. The van der Waals surface area contributed by atoms with E-state index >= 15 is 0 Å². The van der Waals surface area contributed by atoms with Crippen LogP contribution in [0.3, 0.4) is 0 Å². The third kappa shape index (κ3) is 4.66. The number of benzene rings is 2. The molecule has 0 atom stereocenters. The van der Waals surface area contributed by atoms with Crippen molar-refractivity contribution in [2.45, 2.75) is 19.8 Å². The number of rotatable bonds is 6. The Bertz CT molecular complexity index is 663. The van der Waals surface area contributed by atoms with E-state index in [1.54, 1.807) is 12.1 Å². The van der Waals surface area contributed by atoms with Crippen molar-refractivity contribution in [2.24, 2.45) is 5.16 Å². The molecule has 0 fully saturated rings. The van der Waals surface area contributed by atoms with Gasteiger partial charge < -0.3 is 4.84 Å². The molecular formula is C18H17NO3. The molecule has 0 bridgehead atoms. The van der Waals surface area contributed by atoms with E-state index in [1.165, 1.54) is 6.92 Å². The van der Waals surface area contributed by atoms with E-state index in [9.17, 15) is 9.59 Å². The largest absolute Gasteiger partial charge is 0.331 e. The first-order valence-electron chi connectivity index (χ1n) is 7.05. The molecule has 0 saturated heterocycles. The van der Waals surface area contributed by atoms with Gasteiger partial charge in [-0.1, -0.05) is 65.8 Å². The number of nitrogens with zero attached hydrogens (tertiary/aromatic N) is 1. The smallest absolute Gasteiger partial charge is 0.318 e. The summed E-state index contributed by atoms with van der Waals surface area (Å²) >= 11 is 0. The van der Waals surface area contributed by atoms with Crippen molar-refractivity contribution >= 4 is 17.5 Å². The lowest BCUT2D eigenvalue weighted by molar-refractivity contribution is -0.140. The molecule has 2 aromatic rings. The molecule has 0 aliphatic carbocycles. The molecule has 2 aromatic carbocycles. The molecular weight excluding hydrogens is 278 g/mol. The first-order chi connectivity index (χ1) is 10.7. The lowest BCUT2D eigenvalue weighted by Crippen LogP contribution is -2.08. The fourth-order valence-corrected chi connectivity index (χ4v) is 1.99. The van der Waals surface area contributed by atoms with E-state index in [-0.39, 0.29) is 5.78 Å². The van der Waals surface area contributed by atoms with Gasteiger partial charge in [-0.3, -0.25) is 4.79 Å². The highest BCUT2D eigenvalue weighted by molar-refractivity contribution is 6.04. The summed E-state index contributed by atoms with van der Waals surface area (Å²) in [5.41, 5.74) is 2.09. The standard InChI is InChI=1S/C18H17NO3/c1-14(20)22-19-17(15-8-4-2-5-9-15)12-13-18(21)16-10-6-3-7-11-16/h2-11H,12-13H2,1H3/b19-17-. The van der Waals surface area contributed by atoms with Crippen LogP contribution in [0.5, 0.6) is 0 Å². The predicted molar refractivity (Wildman–Crippen MR) is 84.8 cm³/mol. The van der Waals surface area contributed by atoms with Crippen LogP contribution in [0, 0.1) is 0 Å². The van der Waals surface area contributed by atoms with Crippen LogP contribution < -0.4 is 0 Å². The normalized spacial score (nSPS) is 11.0. The zero-order valence-electron chi connectivity index (χ0n) is 12.4. The van der Waals surface area contributed by atoms with Gasteiger partial charge in [0.25, 0.3) is 0 Å². The molecule has 0 radical (unpaired) electrons. The second-order valence-corrected chi connectivity index (χ2v) is 4.78. The van der Waals surface area contributed by atoms with Gasteiger partial charge in [-0.15, -0.1) is 0 Å².